The molecule has 4 aromatic rings. The second-order valence-electron chi connectivity index (χ2n) is 7.75. The number of carbonyl (C=O) groups excluding carboxylic acids is 1. The zero-order valence-electron chi connectivity index (χ0n) is 20.3. The smallest absolute Gasteiger partial charge is 0.203 e. The number of rotatable bonds is 9. The van der Waals surface area contributed by atoms with Gasteiger partial charge in [-0.25, -0.2) is 18.1 Å². The summed E-state index contributed by atoms with van der Waals surface area (Å²) in [5, 5.41) is 4.21. The van der Waals surface area contributed by atoms with Crippen LogP contribution < -0.4 is 14.2 Å². The Morgan fingerprint density at radius 2 is 1.61 bits per heavy atom. The van der Waals surface area contributed by atoms with Crippen molar-refractivity contribution in [3.8, 4) is 34.1 Å². The molecule has 0 spiro atoms. The highest BCUT2D eigenvalue weighted by Gasteiger charge is 2.22. The monoisotopic (exact) mass is 507 g/mol. The van der Waals surface area contributed by atoms with Gasteiger partial charge in [-0.2, -0.15) is 5.10 Å². The van der Waals surface area contributed by atoms with Crippen molar-refractivity contribution >= 4 is 15.6 Å². The molecule has 36 heavy (non-hydrogen) atoms. The third kappa shape index (κ3) is 4.67. The minimum absolute atomic E-state index is 0.00286. The Morgan fingerprint density at radius 1 is 0.917 bits per heavy atom. The average Bonchev–Trinajstić information content (AvgIpc) is 3.46. The van der Waals surface area contributed by atoms with Crippen LogP contribution in [0.25, 0.3) is 16.8 Å². The maximum atomic E-state index is 13.7. The maximum Gasteiger partial charge on any atom is 0.203 e. The van der Waals surface area contributed by atoms with Gasteiger partial charge in [0.05, 0.1) is 37.7 Å². The third-order valence-electron chi connectivity index (χ3n) is 5.74. The van der Waals surface area contributed by atoms with Crippen LogP contribution in [-0.2, 0) is 9.84 Å². The molecule has 0 bridgehead atoms. The minimum atomic E-state index is -3.37. The van der Waals surface area contributed by atoms with Gasteiger partial charge in [0.25, 0.3) is 0 Å². The van der Waals surface area contributed by atoms with E-state index < -0.39 is 9.84 Å². The molecule has 0 aliphatic rings. The van der Waals surface area contributed by atoms with Crippen molar-refractivity contribution in [2.45, 2.75) is 11.8 Å². The highest BCUT2D eigenvalue weighted by atomic mass is 32.2. The van der Waals surface area contributed by atoms with Crippen molar-refractivity contribution in [1.29, 1.82) is 0 Å². The van der Waals surface area contributed by atoms with Crippen molar-refractivity contribution in [3.05, 3.63) is 78.4 Å². The molecule has 0 unspecified atom stereocenters. The Labute approximate surface area is 209 Å². The van der Waals surface area contributed by atoms with Crippen LogP contribution in [0.3, 0.4) is 0 Å². The number of aromatic nitrogens is 3. The molecule has 0 N–H and O–H groups in total. The number of sulfone groups is 1. The van der Waals surface area contributed by atoms with Gasteiger partial charge in [0.2, 0.25) is 5.75 Å². The molecular formula is C26H25N3O6S. The highest BCUT2D eigenvalue weighted by Crippen LogP contribution is 2.39. The molecule has 0 saturated heterocycles. The molecule has 10 heteroatoms. The number of hydrogen-bond acceptors (Lipinski definition) is 8. The van der Waals surface area contributed by atoms with Gasteiger partial charge in [0.15, 0.2) is 27.1 Å². The third-order valence-corrected chi connectivity index (χ3v) is 7.47. The lowest BCUT2D eigenvalue weighted by molar-refractivity contribution is 0.103. The fraction of sp³-hybridized carbons (Fsp3) is 0.192. The van der Waals surface area contributed by atoms with Gasteiger partial charge in [-0.05, 0) is 47.5 Å². The van der Waals surface area contributed by atoms with Gasteiger partial charge in [-0.3, -0.25) is 4.79 Å². The first-order valence-corrected chi connectivity index (χ1v) is 12.6. The Morgan fingerprint density at radius 3 is 2.19 bits per heavy atom. The number of hydrogen-bond donors (Lipinski definition) is 0. The predicted molar refractivity (Wildman–Crippen MR) is 134 cm³/mol. The summed E-state index contributed by atoms with van der Waals surface area (Å²) in [7, 11) is 1.08. The van der Waals surface area contributed by atoms with Crippen LogP contribution in [0.15, 0.2) is 72.1 Å². The lowest BCUT2D eigenvalue weighted by Gasteiger charge is -2.15. The quantitative estimate of drug-likeness (QED) is 0.313. The molecule has 0 aliphatic carbocycles. The van der Waals surface area contributed by atoms with Crippen LogP contribution >= 0.6 is 0 Å². The van der Waals surface area contributed by atoms with Gasteiger partial charge >= 0.3 is 0 Å². The van der Waals surface area contributed by atoms with E-state index in [0.717, 1.165) is 5.56 Å². The number of ketones is 1. The SMILES string of the molecule is CCS(=O)(=O)c1cccc(-c2ccc(C(=O)c3cc(OC)c(OC)c(OC)c3)c(-n3cncn3)c2)c1. The predicted octanol–water partition coefficient (Wildman–Crippen LogP) is 3.98. The number of nitrogens with zero attached hydrogens (tertiary/aromatic N) is 3. The van der Waals surface area contributed by atoms with Crippen LogP contribution in [0.4, 0.5) is 0 Å². The number of methoxy groups -OCH3 is 3. The van der Waals surface area contributed by atoms with Crippen molar-refractivity contribution in [2.24, 2.45) is 0 Å². The molecule has 1 heterocycles. The number of carbonyl (C=O) groups is 1. The molecule has 9 nitrogen and oxygen atoms in total. The summed E-state index contributed by atoms with van der Waals surface area (Å²) in [5.74, 6) is 0.795. The first kappa shape index (κ1) is 24.9. The van der Waals surface area contributed by atoms with Crippen LogP contribution in [0, 0.1) is 0 Å². The van der Waals surface area contributed by atoms with E-state index >= 15 is 0 Å². The zero-order chi connectivity index (χ0) is 25.9. The molecular weight excluding hydrogens is 482 g/mol. The normalized spacial score (nSPS) is 11.2. The van der Waals surface area contributed by atoms with Crippen LogP contribution in [0.1, 0.15) is 22.8 Å². The van der Waals surface area contributed by atoms with E-state index in [1.807, 2.05) is 6.07 Å². The van der Waals surface area contributed by atoms with Gasteiger partial charge in [0.1, 0.15) is 12.7 Å². The fourth-order valence-electron chi connectivity index (χ4n) is 3.83. The second kappa shape index (κ2) is 10.2. The molecule has 0 saturated carbocycles. The maximum absolute atomic E-state index is 13.7. The molecule has 0 atom stereocenters. The Bertz CT molecular complexity index is 1490. The lowest BCUT2D eigenvalue weighted by atomic mass is 9.97. The van der Waals surface area contributed by atoms with E-state index in [9.17, 15) is 13.2 Å². The topological polar surface area (TPSA) is 110 Å². The summed E-state index contributed by atoms with van der Waals surface area (Å²) >= 11 is 0. The van der Waals surface area contributed by atoms with Crippen molar-refractivity contribution in [2.75, 3.05) is 27.1 Å². The summed E-state index contributed by atoms with van der Waals surface area (Å²) < 4.78 is 42.4. The second-order valence-corrected chi connectivity index (χ2v) is 10.0. The largest absolute Gasteiger partial charge is 0.493 e. The zero-order valence-corrected chi connectivity index (χ0v) is 21.1. The fourth-order valence-corrected chi connectivity index (χ4v) is 4.75. The molecule has 1 aromatic heterocycles. The van der Waals surface area contributed by atoms with Gasteiger partial charge in [-0.1, -0.05) is 25.1 Å². The van der Waals surface area contributed by atoms with E-state index in [1.54, 1.807) is 55.5 Å². The first-order chi connectivity index (χ1) is 17.3. The lowest BCUT2D eigenvalue weighted by Crippen LogP contribution is -2.09. The first-order valence-electron chi connectivity index (χ1n) is 11.0. The summed E-state index contributed by atoms with van der Waals surface area (Å²) in [4.78, 5) is 17.9. The number of ether oxygens (including phenoxy) is 3. The Balaban J connectivity index is 1.85. The van der Waals surface area contributed by atoms with Crippen molar-refractivity contribution < 1.29 is 27.4 Å². The van der Waals surface area contributed by atoms with Crippen LogP contribution in [-0.4, -0.2) is 56.0 Å². The summed E-state index contributed by atoms with van der Waals surface area (Å²) in [6.07, 6.45) is 2.86. The van der Waals surface area contributed by atoms with E-state index in [2.05, 4.69) is 10.1 Å². The van der Waals surface area contributed by atoms with Crippen LogP contribution in [0.5, 0.6) is 17.2 Å². The highest BCUT2D eigenvalue weighted by molar-refractivity contribution is 7.91. The molecule has 186 valence electrons. The van der Waals surface area contributed by atoms with Crippen LogP contribution in [0.2, 0.25) is 0 Å². The van der Waals surface area contributed by atoms with E-state index in [1.165, 1.54) is 38.7 Å². The Hall–Kier alpha value is -4.18. The molecule has 0 amide bonds. The average molecular weight is 508 g/mol. The van der Waals surface area contributed by atoms with Gasteiger partial charge in [-0.15, -0.1) is 0 Å². The molecule has 0 fully saturated rings. The number of benzene rings is 3. The molecule has 0 radical (unpaired) electrons. The Kier molecular flexibility index (Phi) is 7.07. The molecule has 3 aromatic carbocycles. The van der Waals surface area contributed by atoms with Crippen molar-refractivity contribution in [1.82, 2.24) is 14.8 Å². The standard InChI is InChI=1S/C26H25N3O6S/c1-5-36(31,32)20-8-6-7-17(11-20)18-9-10-21(22(12-18)29-16-27-15-28-29)25(30)19-13-23(33-2)26(35-4)24(14-19)34-3/h6-16H,5H2,1-4H3. The van der Waals surface area contributed by atoms with E-state index in [4.69, 9.17) is 14.2 Å². The summed E-state index contributed by atoms with van der Waals surface area (Å²) in [6.45, 7) is 1.61. The van der Waals surface area contributed by atoms with E-state index in [0.29, 0.717) is 39.6 Å². The molecule has 0 aliphatic heterocycles. The molecule has 4 rings (SSSR count). The summed E-state index contributed by atoms with van der Waals surface area (Å²) in [5.41, 5.74) is 2.57. The minimum Gasteiger partial charge on any atom is -0.493 e. The van der Waals surface area contributed by atoms with Gasteiger partial charge in [0, 0.05) is 11.1 Å². The van der Waals surface area contributed by atoms with Crippen molar-refractivity contribution in [3.63, 3.8) is 0 Å². The summed E-state index contributed by atoms with van der Waals surface area (Å²) in [6, 6.07) is 15.1. The van der Waals surface area contributed by atoms with E-state index in [-0.39, 0.29) is 16.4 Å². The van der Waals surface area contributed by atoms with Gasteiger partial charge < -0.3 is 14.2 Å².